The number of carbonyl (C=O) groups is 1. The van der Waals surface area contributed by atoms with Gasteiger partial charge in [0.05, 0.1) is 11.8 Å². The third kappa shape index (κ3) is 6.15. The van der Waals surface area contributed by atoms with E-state index in [1.807, 2.05) is 11.8 Å². The number of pyridine rings is 1. The topological polar surface area (TPSA) is 63.1 Å². The zero-order valence-corrected chi connectivity index (χ0v) is 20.3. The molecule has 1 fully saturated rings. The summed E-state index contributed by atoms with van der Waals surface area (Å²) >= 11 is 0. The first kappa shape index (κ1) is 26.4. The molecule has 1 aliphatic rings. The summed E-state index contributed by atoms with van der Waals surface area (Å²) in [5.74, 6) is -0.345. The molecular weight excluding hydrogens is 431 g/mol. The molecule has 3 rings (SSSR count). The molecule has 1 saturated heterocycles. The Morgan fingerprint density at radius 2 is 1.91 bits per heavy atom. The van der Waals surface area contributed by atoms with Crippen LogP contribution in [0.15, 0.2) is 25.0 Å². The number of rotatable bonds is 3. The minimum absolute atomic E-state index is 0.0967. The highest BCUT2D eigenvalue weighted by Crippen LogP contribution is 2.42. The van der Waals surface area contributed by atoms with Gasteiger partial charge >= 0.3 is 6.18 Å². The summed E-state index contributed by atoms with van der Waals surface area (Å²) < 4.78 is 43.7. The summed E-state index contributed by atoms with van der Waals surface area (Å²) in [7, 11) is 3.10. The molecule has 0 bridgehead atoms. The van der Waals surface area contributed by atoms with Crippen LogP contribution in [0.3, 0.4) is 0 Å². The number of aryl methyl sites for hydroxylation is 1. The Labute approximate surface area is 193 Å². The summed E-state index contributed by atoms with van der Waals surface area (Å²) in [5.41, 5.74) is -0.275. The van der Waals surface area contributed by atoms with Gasteiger partial charge in [0, 0.05) is 44.5 Å². The largest absolute Gasteiger partial charge is 0.434 e. The first-order chi connectivity index (χ1) is 15.4. The molecule has 0 saturated carbocycles. The van der Waals surface area contributed by atoms with Crippen LogP contribution in [0.25, 0.3) is 11.1 Å². The van der Waals surface area contributed by atoms with Crippen molar-refractivity contribution >= 4 is 11.7 Å². The summed E-state index contributed by atoms with van der Waals surface area (Å²) in [6.45, 7) is 12.2. The molecule has 0 unspecified atom stereocenters. The predicted molar refractivity (Wildman–Crippen MR) is 125 cm³/mol. The van der Waals surface area contributed by atoms with Crippen LogP contribution in [0.5, 0.6) is 0 Å². The maximum absolute atomic E-state index is 14.1. The van der Waals surface area contributed by atoms with Gasteiger partial charge in [0.2, 0.25) is 0 Å². The third-order valence-electron chi connectivity index (χ3n) is 5.78. The fourth-order valence-electron chi connectivity index (χ4n) is 4.06. The number of hydrogen-bond donors (Lipinski definition) is 1. The molecule has 2 aromatic heterocycles. The molecule has 1 aliphatic heterocycles. The van der Waals surface area contributed by atoms with E-state index in [0.717, 1.165) is 19.3 Å². The number of hydrogen-bond acceptors (Lipinski definition) is 4. The maximum atomic E-state index is 14.1. The smallest absolute Gasteiger partial charge is 0.356 e. The number of allylic oxidation sites excluding steroid dienone is 1. The second kappa shape index (κ2) is 10.4. The second-order valence-electron chi connectivity index (χ2n) is 9.05. The number of nitrogens with one attached hydrogen (secondary N) is 1. The van der Waals surface area contributed by atoms with Crippen molar-refractivity contribution in [1.82, 2.24) is 20.1 Å². The summed E-state index contributed by atoms with van der Waals surface area (Å²) in [6, 6.07) is 0. The van der Waals surface area contributed by atoms with E-state index in [4.69, 9.17) is 0 Å². The van der Waals surface area contributed by atoms with Crippen LogP contribution < -0.4 is 10.2 Å². The van der Waals surface area contributed by atoms with Gasteiger partial charge in [-0.1, -0.05) is 19.9 Å². The van der Waals surface area contributed by atoms with Gasteiger partial charge in [-0.15, -0.1) is 6.58 Å². The molecule has 0 aromatic carbocycles. The van der Waals surface area contributed by atoms with Gasteiger partial charge in [0.15, 0.2) is 5.69 Å². The van der Waals surface area contributed by atoms with Crippen molar-refractivity contribution in [3.63, 3.8) is 0 Å². The Morgan fingerprint density at radius 3 is 2.42 bits per heavy atom. The molecule has 0 radical (unpaired) electrons. The van der Waals surface area contributed by atoms with Gasteiger partial charge in [0.25, 0.3) is 5.91 Å². The Morgan fingerprint density at radius 1 is 1.27 bits per heavy atom. The second-order valence-corrected chi connectivity index (χ2v) is 9.05. The van der Waals surface area contributed by atoms with E-state index in [0.29, 0.717) is 13.1 Å². The van der Waals surface area contributed by atoms with Gasteiger partial charge < -0.3 is 10.2 Å². The van der Waals surface area contributed by atoms with Crippen LogP contribution in [0.2, 0.25) is 0 Å². The normalized spacial score (nSPS) is 15.8. The van der Waals surface area contributed by atoms with Gasteiger partial charge in [-0.2, -0.15) is 18.3 Å². The maximum Gasteiger partial charge on any atom is 0.434 e. The number of alkyl halides is 3. The zero-order valence-electron chi connectivity index (χ0n) is 20.3. The van der Waals surface area contributed by atoms with Crippen LogP contribution in [-0.2, 0) is 13.2 Å². The lowest BCUT2D eigenvalue weighted by Gasteiger charge is -2.28. The Balaban J connectivity index is 0.00000122. The molecule has 0 aliphatic carbocycles. The Kier molecular flexibility index (Phi) is 8.32. The van der Waals surface area contributed by atoms with Gasteiger partial charge in [-0.25, -0.2) is 4.98 Å². The number of halogens is 3. The van der Waals surface area contributed by atoms with E-state index in [1.165, 1.54) is 24.1 Å². The number of amides is 1. The van der Waals surface area contributed by atoms with Gasteiger partial charge in [-0.05, 0) is 44.1 Å². The molecule has 1 amide bonds. The van der Waals surface area contributed by atoms with Crippen molar-refractivity contribution in [3.05, 3.63) is 41.9 Å². The lowest BCUT2D eigenvalue weighted by molar-refractivity contribution is -0.140. The first-order valence-electron chi connectivity index (χ1n) is 11.0. The van der Waals surface area contributed by atoms with E-state index in [-0.39, 0.29) is 33.5 Å². The molecular formula is C24H34F3N5O. The fourth-order valence-corrected chi connectivity index (χ4v) is 4.06. The minimum Gasteiger partial charge on any atom is -0.356 e. The van der Waals surface area contributed by atoms with E-state index in [9.17, 15) is 18.0 Å². The third-order valence-corrected chi connectivity index (χ3v) is 5.78. The number of nitrogens with zero attached hydrogens (tertiary/aromatic N) is 4. The molecule has 33 heavy (non-hydrogen) atoms. The highest BCUT2D eigenvalue weighted by molar-refractivity contribution is 6.02. The zero-order chi connectivity index (χ0) is 25.0. The average molecular weight is 466 g/mol. The number of anilines is 1. The fraction of sp³-hybridized carbons (Fsp3) is 0.542. The van der Waals surface area contributed by atoms with E-state index in [1.54, 1.807) is 20.0 Å². The Hall–Kier alpha value is -2.84. The minimum atomic E-state index is -4.67. The number of aromatic nitrogens is 3. The SMILES string of the molecule is C=CC.CNC(=O)c1c(N2CCCC(C)(C)CC2)nc(C(F)(F)F)c(-c2cnn(C)c2)c1C. The molecule has 3 heterocycles. The highest BCUT2D eigenvalue weighted by atomic mass is 19.4. The van der Waals surface area contributed by atoms with E-state index >= 15 is 0 Å². The summed E-state index contributed by atoms with van der Waals surface area (Å²) in [6.07, 6.45) is 2.55. The van der Waals surface area contributed by atoms with E-state index < -0.39 is 17.8 Å². The lowest BCUT2D eigenvalue weighted by Crippen LogP contribution is -2.32. The van der Waals surface area contributed by atoms with Crippen molar-refractivity contribution in [2.75, 3.05) is 25.0 Å². The number of carbonyl (C=O) groups excluding carboxylic acids is 1. The standard InChI is InChI=1S/C21H28F3N5O.C3H6/c1-13-15(14-11-26-28(5)12-14)17(21(22,23)24)27-18(16(13)19(30)25-4)29-9-6-7-20(2,3)8-10-29;1-3-2/h11-12H,6-10H2,1-5H3,(H,25,30);3H,1H2,2H3. The summed E-state index contributed by atoms with van der Waals surface area (Å²) in [5, 5.41) is 6.57. The van der Waals surface area contributed by atoms with Gasteiger partial charge in [0.1, 0.15) is 5.82 Å². The predicted octanol–water partition coefficient (Wildman–Crippen LogP) is 5.38. The van der Waals surface area contributed by atoms with Crippen LogP contribution in [0.4, 0.5) is 19.0 Å². The lowest BCUT2D eigenvalue weighted by atomic mass is 9.85. The molecule has 0 atom stereocenters. The van der Waals surface area contributed by atoms with Gasteiger partial charge in [-0.3, -0.25) is 9.48 Å². The van der Waals surface area contributed by atoms with Crippen LogP contribution in [-0.4, -0.2) is 40.8 Å². The van der Waals surface area contributed by atoms with Crippen molar-refractivity contribution in [1.29, 1.82) is 0 Å². The average Bonchev–Trinajstić information content (AvgIpc) is 3.05. The van der Waals surface area contributed by atoms with Crippen molar-refractivity contribution in [3.8, 4) is 11.1 Å². The van der Waals surface area contributed by atoms with Crippen LogP contribution in [0.1, 0.15) is 61.6 Å². The quantitative estimate of drug-likeness (QED) is 0.619. The van der Waals surface area contributed by atoms with Crippen molar-refractivity contribution < 1.29 is 18.0 Å². The molecule has 182 valence electrons. The Bertz CT molecular complexity index is 995. The first-order valence-corrected chi connectivity index (χ1v) is 11.0. The van der Waals surface area contributed by atoms with Crippen molar-refractivity contribution in [2.24, 2.45) is 12.5 Å². The van der Waals surface area contributed by atoms with Crippen LogP contribution >= 0.6 is 0 Å². The van der Waals surface area contributed by atoms with E-state index in [2.05, 4.69) is 35.8 Å². The monoisotopic (exact) mass is 465 g/mol. The molecule has 2 aromatic rings. The van der Waals surface area contributed by atoms with Crippen LogP contribution in [0, 0.1) is 12.3 Å². The molecule has 0 spiro atoms. The molecule has 9 heteroatoms. The molecule has 6 nitrogen and oxygen atoms in total. The van der Waals surface area contributed by atoms with Crippen molar-refractivity contribution in [2.45, 2.75) is 53.1 Å². The summed E-state index contributed by atoms with van der Waals surface area (Å²) in [4.78, 5) is 18.7. The molecule has 1 N–H and O–H groups in total. The highest BCUT2D eigenvalue weighted by Gasteiger charge is 2.40.